The number of aryl methyl sites for hydroxylation is 2. The number of fused-ring (bicyclic) bond motifs is 1. The highest BCUT2D eigenvalue weighted by atomic mass is 35.5. The molecule has 17 heavy (non-hydrogen) atoms. The monoisotopic (exact) mass is 252 g/mol. The van der Waals surface area contributed by atoms with Crippen molar-refractivity contribution in [3.05, 3.63) is 22.4 Å². The number of hydrogen-bond donors (Lipinski definition) is 0. The van der Waals surface area contributed by atoms with Crippen LogP contribution in [0.15, 0.2) is 0 Å². The summed E-state index contributed by atoms with van der Waals surface area (Å²) in [4.78, 5) is 4.25. The first kappa shape index (κ1) is 10.9. The fourth-order valence-electron chi connectivity index (χ4n) is 2.20. The van der Waals surface area contributed by atoms with Gasteiger partial charge in [-0.2, -0.15) is 0 Å². The molecule has 0 saturated carbocycles. The molecule has 90 valence electrons. The number of nitrogens with zero attached hydrogens (tertiary/aromatic N) is 4. The number of halogens is 1. The lowest BCUT2D eigenvalue weighted by Crippen LogP contribution is -2.08. The summed E-state index contributed by atoms with van der Waals surface area (Å²) in [5.74, 6) is 1.24. The predicted molar refractivity (Wildman–Crippen MR) is 63.4 cm³/mol. The van der Waals surface area contributed by atoms with Crippen LogP contribution >= 0.6 is 11.6 Å². The van der Waals surface area contributed by atoms with E-state index in [0.29, 0.717) is 23.3 Å². The molecule has 0 aromatic carbocycles. The molecule has 1 fully saturated rings. The minimum atomic E-state index is 0.307. The molecule has 1 aliphatic rings. The molecule has 0 bridgehead atoms. The summed E-state index contributed by atoms with van der Waals surface area (Å²) in [5.41, 5.74) is 2.58. The maximum absolute atomic E-state index is 6.09. The van der Waals surface area contributed by atoms with Crippen LogP contribution in [0.1, 0.15) is 29.6 Å². The van der Waals surface area contributed by atoms with Gasteiger partial charge in [0.1, 0.15) is 5.82 Å². The second-order valence-corrected chi connectivity index (χ2v) is 4.71. The van der Waals surface area contributed by atoms with Gasteiger partial charge in [0.05, 0.1) is 12.3 Å². The van der Waals surface area contributed by atoms with Gasteiger partial charge in [0, 0.05) is 18.2 Å². The van der Waals surface area contributed by atoms with Gasteiger partial charge < -0.3 is 4.74 Å². The van der Waals surface area contributed by atoms with E-state index in [9.17, 15) is 0 Å². The fourth-order valence-corrected chi connectivity index (χ4v) is 2.45. The Bertz CT molecular complexity index is 574. The summed E-state index contributed by atoms with van der Waals surface area (Å²) in [5, 5.41) is 8.78. The predicted octanol–water partition coefficient (Wildman–Crippen LogP) is 1.90. The zero-order valence-electron chi connectivity index (χ0n) is 9.77. The van der Waals surface area contributed by atoms with Crippen molar-refractivity contribution in [3.8, 4) is 0 Å². The van der Waals surface area contributed by atoms with Crippen LogP contribution in [0, 0.1) is 13.8 Å². The molecule has 0 aliphatic carbocycles. The van der Waals surface area contributed by atoms with Gasteiger partial charge in [-0.3, -0.25) is 4.40 Å². The Labute approximate surface area is 104 Å². The average Bonchev–Trinajstić information content (AvgIpc) is 2.94. The zero-order valence-corrected chi connectivity index (χ0v) is 10.5. The Morgan fingerprint density at radius 2 is 2.18 bits per heavy atom. The zero-order chi connectivity index (χ0) is 12.0. The van der Waals surface area contributed by atoms with Gasteiger partial charge in [-0.05, 0) is 20.3 Å². The SMILES string of the molecule is Cc1nc(Cl)c2nnc(C3CCOC3)n2c1C. The van der Waals surface area contributed by atoms with Crippen molar-refractivity contribution in [1.29, 1.82) is 0 Å². The van der Waals surface area contributed by atoms with Crippen LogP contribution in [-0.4, -0.2) is 32.8 Å². The Morgan fingerprint density at radius 1 is 1.35 bits per heavy atom. The van der Waals surface area contributed by atoms with Crippen molar-refractivity contribution in [2.75, 3.05) is 13.2 Å². The molecule has 3 rings (SSSR count). The van der Waals surface area contributed by atoms with E-state index >= 15 is 0 Å². The third-order valence-electron chi connectivity index (χ3n) is 3.29. The summed E-state index contributed by atoms with van der Waals surface area (Å²) >= 11 is 6.09. The molecule has 2 aromatic heterocycles. The largest absolute Gasteiger partial charge is 0.381 e. The second-order valence-electron chi connectivity index (χ2n) is 4.35. The molecule has 0 amide bonds. The van der Waals surface area contributed by atoms with Crippen LogP contribution in [0.25, 0.3) is 5.65 Å². The number of hydrogen-bond acceptors (Lipinski definition) is 4. The lowest BCUT2D eigenvalue weighted by molar-refractivity contribution is 0.193. The second kappa shape index (κ2) is 3.92. The van der Waals surface area contributed by atoms with Crippen LogP contribution in [-0.2, 0) is 4.74 Å². The first-order valence-electron chi connectivity index (χ1n) is 5.64. The molecule has 3 heterocycles. The topological polar surface area (TPSA) is 52.3 Å². The standard InChI is InChI=1S/C11H13ClN4O/c1-6-7(2)16-10(8-3-4-17-5-8)14-15-11(16)9(12)13-6/h8H,3-5H2,1-2H3. The lowest BCUT2D eigenvalue weighted by Gasteiger charge is -2.10. The van der Waals surface area contributed by atoms with E-state index in [1.54, 1.807) is 0 Å². The van der Waals surface area contributed by atoms with Gasteiger partial charge in [0.15, 0.2) is 10.8 Å². The highest BCUT2D eigenvalue weighted by Crippen LogP contribution is 2.27. The number of rotatable bonds is 1. The molecular formula is C11H13ClN4O. The van der Waals surface area contributed by atoms with Crippen LogP contribution in [0.2, 0.25) is 5.15 Å². The maximum atomic E-state index is 6.09. The van der Waals surface area contributed by atoms with E-state index in [0.717, 1.165) is 30.2 Å². The van der Waals surface area contributed by atoms with Gasteiger partial charge >= 0.3 is 0 Å². The highest BCUT2D eigenvalue weighted by molar-refractivity contribution is 6.32. The quantitative estimate of drug-likeness (QED) is 0.778. The molecule has 2 aromatic rings. The normalized spacial score (nSPS) is 20.3. The minimum absolute atomic E-state index is 0.307. The third kappa shape index (κ3) is 1.61. The van der Waals surface area contributed by atoms with Crippen molar-refractivity contribution in [2.45, 2.75) is 26.2 Å². The Hall–Kier alpha value is -1.20. The van der Waals surface area contributed by atoms with E-state index in [1.807, 2.05) is 18.2 Å². The van der Waals surface area contributed by atoms with E-state index in [1.165, 1.54) is 0 Å². The number of aromatic nitrogens is 4. The Balaban J connectivity index is 2.26. The Morgan fingerprint density at radius 3 is 2.88 bits per heavy atom. The minimum Gasteiger partial charge on any atom is -0.381 e. The Kier molecular flexibility index (Phi) is 2.52. The molecule has 1 saturated heterocycles. The first-order chi connectivity index (χ1) is 8.18. The van der Waals surface area contributed by atoms with Gasteiger partial charge in [-0.15, -0.1) is 10.2 Å². The van der Waals surface area contributed by atoms with Gasteiger partial charge in [-0.1, -0.05) is 11.6 Å². The van der Waals surface area contributed by atoms with E-state index in [2.05, 4.69) is 15.2 Å². The van der Waals surface area contributed by atoms with Crippen LogP contribution in [0.3, 0.4) is 0 Å². The van der Waals surface area contributed by atoms with Crippen molar-refractivity contribution in [1.82, 2.24) is 19.6 Å². The highest BCUT2D eigenvalue weighted by Gasteiger charge is 2.25. The smallest absolute Gasteiger partial charge is 0.198 e. The van der Waals surface area contributed by atoms with Crippen molar-refractivity contribution in [2.24, 2.45) is 0 Å². The summed E-state index contributed by atoms with van der Waals surface area (Å²) in [7, 11) is 0. The molecule has 1 unspecified atom stereocenters. The molecule has 0 N–H and O–H groups in total. The molecular weight excluding hydrogens is 240 g/mol. The summed E-state index contributed by atoms with van der Waals surface area (Å²) in [6, 6.07) is 0. The van der Waals surface area contributed by atoms with Crippen molar-refractivity contribution in [3.63, 3.8) is 0 Å². The van der Waals surface area contributed by atoms with Crippen LogP contribution < -0.4 is 0 Å². The molecule has 0 spiro atoms. The van der Waals surface area contributed by atoms with Crippen LogP contribution in [0.5, 0.6) is 0 Å². The first-order valence-corrected chi connectivity index (χ1v) is 6.01. The molecule has 5 nitrogen and oxygen atoms in total. The third-order valence-corrected chi connectivity index (χ3v) is 3.55. The summed E-state index contributed by atoms with van der Waals surface area (Å²) < 4.78 is 7.40. The summed E-state index contributed by atoms with van der Waals surface area (Å²) in [6.07, 6.45) is 0.985. The van der Waals surface area contributed by atoms with E-state index in [-0.39, 0.29) is 0 Å². The molecule has 0 radical (unpaired) electrons. The van der Waals surface area contributed by atoms with Crippen LogP contribution in [0.4, 0.5) is 0 Å². The molecule has 1 aliphatic heterocycles. The number of ether oxygens (including phenoxy) is 1. The summed E-state index contributed by atoms with van der Waals surface area (Å²) in [6.45, 7) is 5.44. The van der Waals surface area contributed by atoms with Gasteiger partial charge in [0.2, 0.25) is 0 Å². The van der Waals surface area contributed by atoms with Gasteiger partial charge in [-0.25, -0.2) is 4.98 Å². The molecule has 6 heteroatoms. The van der Waals surface area contributed by atoms with Crippen molar-refractivity contribution < 1.29 is 4.74 Å². The lowest BCUT2D eigenvalue weighted by atomic mass is 10.1. The average molecular weight is 253 g/mol. The maximum Gasteiger partial charge on any atom is 0.198 e. The van der Waals surface area contributed by atoms with E-state index in [4.69, 9.17) is 16.3 Å². The van der Waals surface area contributed by atoms with Crippen molar-refractivity contribution >= 4 is 17.2 Å². The van der Waals surface area contributed by atoms with E-state index < -0.39 is 0 Å². The molecule has 1 atom stereocenters. The fraction of sp³-hybridized carbons (Fsp3) is 0.545. The van der Waals surface area contributed by atoms with Gasteiger partial charge in [0.25, 0.3) is 0 Å².